The van der Waals surface area contributed by atoms with Gasteiger partial charge in [0.25, 0.3) is 0 Å². The summed E-state index contributed by atoms with van der Waals surface area (Å²) in [5, 5.41) is 8.95. The number of pyridine rings is 1. The standard InChI is InChI=1S/C18H13N3O3/c22-18(23)16-4-3-15(24-16)12-1-2-13-14(10-12)21-17(20-13)9-11-5-7-19-8-6-11/h1-8,10H,9H2,(H,20,21)(H,22,23). The number of rotatable bonds is 4. The van der Waals surface area contributed by atoms with Gasteiger partial charge in [-0.3, -0.25) is 4.98 Å². The van der Waals surface area contributed by atoms with Gasteiger partial charge in [0.1, 0.15) is 11.6 Å². The Morgan fingerprint density at radius 1 is 1.12 bits per heavy atom. The summed E-state index contributed by atoms with van der Waals surface area (Å²) >= 11 is 0. The van der Waals surface area contributed by atoms with Crippen molar-refractivity contribution in [3.05, 3.63) is 72.0 Å². The lowest BCUT2D eigenvalue weighted by Gasteiger charge is -1.97. The molecule has 3 aromatic heterocycles. The number of aromatic amines is 1. The fourth-order valence-electron chi connectivity index (χ4n) is 2.60. The van der Waals surface area contributed by atoms with Gasteiger partial charge in [0, 0.05) is 24.4 Å². The lowest BCUT2D eigenvalue weighted by molar-refractivity contribution is 0.0663. The molecule has 1 aromatic carbocycles. The zero-order chi connectivity index (χ0) is 16.5. The quantitative estimate of drug-likeness (QED) is 0.600. The molecule has 0 aliphatic carbocycles. The molecule has 0 fully saturated rings. The summed E-state index contributed by atoms with van der Waals surface area (Å²) in [6, 6.07) is 12.7. The summed E-state index contributed by atoms with van der Waals surface area (Å²) in [6.45, 7) is 0. The summed E-state index contributed by atoms with van der Waals surface area (Å²) in [7, 11) is 0. The molecular formula is C18H13N3O3. The molecule has 0 aliphatic heterocycles. The number of carboxylic acids is 1. The minimum atomic E-state index is -1.08. The Balaban J connectivity index is 1.66. The van der Waals surface area contributed by atoms with Gasteiger partial charge in [-0.15, -0.1) is 0 Å². The summed E-state index contributed by atoms with van der Waals surface area (Å²) in [6.07, 6.45) is 4.20. The molecule has 0 amide bonds. The van der Waals surface area contributed by atoms with Crippen molar-refractivity contribution in [3.8, 4) is 11.3 Å². The normalized spacial score (nSPS) is 11.0. The molecule has 0 spiro atoms. The molecule has 0 atom stereocenters. The first-order valence-electron chi connectivity index (χ1n) is 7.40. The van der Waals surface area contributed by atoms with E-state index in [4.69, 9.17) is 9.52 Å². The SMILES string of the molecule is O=C(O)c1ccc(-c2ccc3nc(Cc4ccncc4)[nH]c3c2)o1. The molecule has 4 aromatic rings. The van der Waals surface area contributed by atoms with Crippen LogP contribution < -0.4 is 0 Å². The Labute approximate surface area is 136 Å². The molecular weight excluding hydrogens is 306 g/mol. The number of aromatic carboxylic acids is 1. The monoisotopic (exact) mass is 319 g/mol. The largest absolute Gasteiger partial charge is 0.475 e. The number of nitrogens with zero attached hydrogens (tertiary/aromatic N) is 2. The number of hydrogen-bond donors (Lipinski definition) is 2. The number of imidazole rings is 1. The fraction of sp³-hybridized carbons (Fsp3) is 0.0556. The Kier molecular flexibility index (Phi) is 3.35. The number of carbonyl (C=O) groups is 1. The highest BCUT2D eigenvalue weighted by atomic mass is 16.4. The highest BCUT2D eigenvalue weighted by Gasteiger charge is 2.12. The highest BCUT2D eigenvalue weighted by molar-refractivity contribution is 5.86. The van der Waals surface area contributed by atoms with Crippen LogP contribution in [0.3, 0.4) is 0 Å². The molecule has 0 bridgehead atoms. The van der Waals surface area contributed by atoms with E-state index in [2.05, 4.69) is 15.0 Å². The van der Waals surface area contributed by atoms with Crippen molar-refractivity contribution >= 4 is 17.0 Å². The van der Waals surface area contributed by atoms with E-state index in [1.54, 1.807) is 18.5 Å². The van der Waals surface area contributed by atoms with E-state index < -0.39 is 5.97 Å². The first-order chi connectivity index (χ1) is 11.7. The molecule has 6 nitrogen and oxygen atoms in total. The third kappa shape index (κ3) is 2.65. The number of H-pyrrole nitrogens is 1. The van der Waals surface area contributed by atoms with Crippen molar-refractivity contribution in [1.82, 2.24) is 15.0 Å². The predicted octanol–water partition coefficient (Wildman–Crippen LogP) is 3.51. The minimum Gasteiger partial charge on any atom is -0.475 e. The van der Waals surface area contributed by atoms with E-state index in [1.165, 1.54) is 6.07 Å². The van der Waals surface area contributed by atoms with E-state index in [0.717, 1.165) is 28.0 Å². The summed E-state index contributed by atoms with van der Waals surface area (Å²) in [5.41, 5.74) is 3.66. The van der Waals surface area contributed by atoms with Gasteiger partial charge >= 0.3 is 5.97 Å². The summed E-state index contributed by atoms with van der Waals surface area (Å²) in [4.78, 5) is 22.8. The topological polar surface area (TPSA) is 92.0 Å². The molecule has 0 aliphatic rings. The van der Waals surface area contributed by atoms with Gasteiger partial charge in [-0.25, -0.2) is 9.78 Å². The number of benzene rings is 1. The number of furan rings is 1. The van der Waals surface area contributed by atoms with E-state index in [0.29, 0.717) is 12.2 Å². The van der Waals surface area contributed by atoms with E-state index in [9.17, 15) is 4.79 Å². The van der Waals surface area contributed by atoms with Crippen molar-refractivity contribution in [3.63, 3.8) is 0 Å². The van der Waals surface area contributed by atoms with Gasteiger partial charge in [0.05, 0.1) is 11.0 Å². The maximum atomic E-state index is 10.9. The second-order valence-corrected chi connectivity index (χ2v) is 5.42. The lowest BCUT2D eigenvalue weighted by atomic mass is 10.1. The Morgan fingerprint density at radius 3 is 2.71 bits per heavy atom. The van der Waals surface area contributed by atoms with Gasteiger partial charge in [-0.05, 0) is 48.0 Å². The fourth-order valence-corrected chi connectivity index (χ4v) is 2.60. The first-order valence-corrected chi connectivity index (χ1v) is 7.40. The predicted molar refractivity (Wildman–Crippen MR) is 87.8 cm³/mol. The highest BCUT2D eigenvalue weighted by Crippen LogP contribution is 2.25. The van der Waals surface area contributed by atoms with Gasteiger partial charge in [-0.2, -0.15) is 0 Å². The molecule has 0 radical (unpaired) electrons. The van der Waals surface area contributed by atoms with Gasteiger partial charge in [0.15, 0.2) is 0 Å². The van der Waals surface area contributed by atoms with Crippen molar-refractivity contribution in [2.45, 2.75) is 6.42 Å². The molecule has 118 valence electrons. The van der Waals surface area contributed by atoms with Crippen LogP contribution in [0.1, 0.15) is 21.9 Å². The average Bonchev–Trinajstić information content (AvgIpc) is 3.21. The van der Waals surface area contributed by atoms with Gasteiger partial charge < -0.3 is 14.5 Å². The Morgan fingerprint density at radius 2 is 1.96 bits per heavy atom. The van der Waals surface area contributed by atoms with Crippen molar-refractivity contribution in [2.24, 2.45) is 0 Å². The molecule has 3 heterocycles. The third-order valence-corrected chi connectivity index (χ3v) is 3.75. The average molecular weight is 319 g/mol. The van der Waals surface area contributed by atoms with Crippen LogP contribution in [0.15, 0.2) is 59.3 Å². The second kappa shape index (κ2) is 5.66. The van der Waals surface area contributed by atoms with Crippen LogP contribution in [0, 0.1) is 0 Å². The minimum absolute atomic E-state index is 0.0758. The molecule has 2 N–H and O–H groups in total. The van der Waals surface area contributed by atoms with Crippen molar-refractivity contribution < 1.29 is 14.3 Å². The van der Waals surface area contributed by atoms with E-state index >= 15 is 0 Å². The smallest absolute Gasteiger partial charge is 0.371 e. The maximum Gasteiger partial charge on any atom is 0.371 e. The van der Waals surface area contributed by atoms with Crippen LogP contribution in [0.2, 0.25) is 0 Å². The van der Waals surface area contributed by atoms with E-state index in [-0.39, 0.29) is 5.76 Å². The van der Waals surface area contributed by atoms with Crippen LogP contribution >= 0.6 is 0 Å². The zero-order valence-corrected chi connectivity index (χ0v) is 12.6. The molecule has 6 heteroatoms. The van der Waals surface area contributed by atoms with Crippen molar-refractivity contribution in [2.75, 3.05) is 0 Å². The van der Waals surface area contributed by atoms with Crippen LogP contribution in [-0.4, -0.2) is 26.0 Å². The van der Waals surface area contributed by atoms with Gasteiger partial charge in [0.2, 0.25) is 5.76 Å². The van der Waals surface area contributed by atoms with Crippen LogP contribution in [0.5, 0.6) is 0 Å². The second-order valence-electron chi connectivity index (χ2n) is 5.42. The third-order valence-electron chi connectivity index (χ3n) is 3.75. The van der Waals surface area contributed by atoms with Crippen molar-refractivity contribution in [1.29, 1.82) is 0 Å². The molecule has 24 heavy (non-hydrogen) atoms. The molecule has 0 saturated carbocycles. The molecule has 0 saturated heterocycles. The first kappa shape index (κ1) is 14.2. The summed E-state index contributed by atoms with van der Waals surface area (Å²) < 4.78 is 5.34. The Hall–Kier alpha value is -3.41. The number of hydrogen-bond acceptors (Lipinski definition) is 4. The maximum absolute atomic E-state index is 10.9. The lowest BCUT2D eigenvalue weighted by Crippen LogP contribution is -1.91. The number of aromatic nitrogens is 3. The number of fused-ring (bicyclic) bond motifs is 1. The zero-order valence-electron chi connectivity index (χ0n) is 12.6. The number of nitrogens with one attached hydrogen (secondary N) is 1. The molecule has 0 unspecified atom stereocenters. The van der Waals surface area contributed by atoms with Crippen LogP contribution in [0.4, 0.5) is 0 Å². The van der Waals surface area contributed by atoms with Gasteiger partial charge in [-0.1, -0.05) is 0 Å². The number of carboxylic acid groups (broad SMARTS) is 1. The molecule has 4 rings (SSSR count). The van der Waals surface area contributed by atoms with Crippen LogP contribution in [0.25, 0.3) is 22.4 Å². The van der Waals surface area contributed by atoms with Crippen LogP contribution in [-0.2, 0) is 6.42 Å². The van der Waals surface area contributed by atoms with E-state index in [1.807, 2.05) is 30.3 Å². The Bertz CT molecular complexity index is 1020. The summed E-state index contributed by atoms with van der Waals surface area (Å²) in [5.74, 6) is 0.218.